The molecule has 0 heterocycles. The molecule has 0 aromatic heterocycles. The summed E-state index contributed by atoms with van der Waals surface area (Å²) in [5.74, 6) is -0.411. The fraction of sp³-hybridized carbons (Fsp3) is 0.700. The van der Waals surface area contributed by atoms with Gasteiger partial charge in [-0.2, -0.15) is 0 Å². The van der Waals surface area contributed by atoms with Crippen molar-refractivity contribution in [2.75, 3.05) is 0 Å². The first-order chi connectivity index (χ1) is 5.75. The van der Waals surface area contributed by atoms with Gasteiger partial charge < -0.3 is 5.11 Å². The van der Waals surface area contributed by atoms with Crippen LogP contribution in [0.15, 0.2) is 11.6 Å². The lowest BCUT2D eigenvalue weighted by molar-refractivity contribution is -0.133. The highest BCUT2D eigenvalue weighted by Gasteiger charge is 2.21. The number of hydrogen-bond donors (Lipinski definition) is 1. The van der Waals surface area contributed by atoms with E-state index >= 15 is 0 Å². The Labute approximate surface area is 73.3 Å². The van der Waals surface area contributed by atoms with E-state index in [2.05, 4.69) is 0 Å². The minimum atomic E-state index is -0.732. The Hall–Kier alpha value is -0.790. The van der Waals surface area contributed by atoms with Crippen molar-refractivity contribution in [3.63, 3.8) is 0 Å². The summed E-state index contributed by atoms with van der Waals surface area (Å²) in [6.45, 7) is 1.82. The van der Waals surface area contributed by atoms with Crippen LogP contribution in [-0.4, -0.2) is 11.1 Å². The molecule has 1 aliphatic rings. The number of carbonyl (C=O) groups is 1. The van der Waals surface area contributed by atoms with E-state index in [9.17, 15) is 4.79 Å². The monoisotopic (exact) mass is 168 g/mol. The normalized spacial score (nSPS) is 20.9. The van der Waals surface area contributed by atoms with Crippen molar-refractivity contribution >= 4 is 5.97 Å². The summed E-state index contributed by atoms with van der Waals surface area (Å²) in [6, 6.07) is 0. The summed E-state index contributed by atoms with van der Waals surface area (Å²) in [6.07, 6.45) is 7.52. The van der Waals surface area contributed by atoms with E-state index in [4.69, 9.17) is 5.11 Å². The van der Waals surface area contributed by atoms with Gasteiger partial charge >= 0.3 is 5.97 Å². The lowest BCUT2D eigenvalue weighted by Crippen LogP contribution is -2.15. The highest BCUT2D eigenvalue weighted by Crippen LogP contribution is 2.29. The minimum absolute atomic E-state index is 0.321. The Kier molecular flexibility index (Phi) is 3.32. The lowest BCUT2D eigenvalue weighted by atomic mass is 9.84. The number of hydrogen-bond acceptors (Lipinski definition) is 1. The molecule has 0 amide bonds. The molecule has 1 saturated carbocycles. The first kappa shape index (κ1) is 9.30. The molecule has 0 aromatic rings. The zero-order chi connectivity index (χ0) is 8.97. The molecule has 0 atom stereocenters. The Balaban J connectivity index is 2.59. The smallest absolute Gasteiger partial charge is 0.331 e. The summed E-state index contributed by atoms with van der Waals surface area (Å²) in [7, 11) is 0. The van der Waals surface area contributed by atoms with E-state index in [-0.39, 0.29) is 0 Å². The maximum absolute atomic E-state index is 10.8. The third-order valence-electron chi connectivity index (χ3n) is 2.60. The molecule has 1 aliphatic carbocycles. The van der Waals surface area contributed by atoms with E-state index < -0.39 is 5.97 Å². The van der Waals surface area contributed by atoms with Crippen LogP contribution in [0, 0.1) is 5.92 Å². The molecule has 0 radical (unpaired) electrons. The van der Waals surface area contributed by atoms with Crippen molar-refractivity contribution < 1.29 is 9.90 Å². The van der Waals surface area contributed by atoms with E-state index in [1.54, 1.807) is 6.08 Å². The summed E-state index contributed by atoms with van der Waals surface area (Å²) >= 11 is 0. The first-order valence-electron chi connectivity index (χ1n) is 4.65. The van der Waals surface area contributed by atoms with Crippen LogP contribution in [0.4, 0.5) is 0 Å². The maximum atomic E-state index is 10.8. The molecule has 2 heteroatoms. The van der Waals surface area contributed by atoms with Crippen molar-refractivity contribution in [3.05, 3.63) is 11.6 Å². The van der Waals surface area contributed by atoms with Crippen LogP contribution in [-0.2, 0) is 4.79 Å². The van der Waals surface area contributed by atoms with Crippen molar-refractivity contribution in [2.24, 2.45) is 5.92 Å². The zero-order valence-electron chi connectivity index (χ0n) is 7.55. The highest BCUT2D eigenvalue weighted by atomic mass is 16.4. The molecule has 12 heavy (non-hydrogen) atoms. The second-order valence-electron chi connectivity index (χ2n) is 3.38. The number of carboxylic acids is 1. The molecule has 0 saturated heterocycles. The van der Waals surface area contributed by atoms with Crippen LogP contribution in [0.2, 0.25) is 0 Å². The molecule has 1 fully saturated rings. The van der Waals surface area contributed by atoms with Gasteiger partial charge in [-0.15, -0.1) is 0 Å². The molecule has 0 aromatic carbocycles. The molecule has 0 unspecified atom stereocenters. The van der Waals surface area contributed by atoms with Crippen molar-refractivity contribution in [1.82, 2.24) is 0 Å². The maximum Gasteiger partial charge on any atom is 0.331 e. The zero-order valence-corrected chi connectivity index (χ0v) is 7.55. The molecule has 1 N–H and O–H groups in total. The summed E-state index contributed by atoms with van der Waals surface area (Å²) in [5.41, 5.74) is 0.620. The summed E-state index contributed by atoms with van der Waals surface area (Å²) in [5, 5.41) is 8.86. The predicted molar refractivity (Wildman–Crippen MR) is 48.0 cm³/mol. The molecule has 0 spiro atoms. The first-order valence-corrected chi connectivity index (χ1v) is 4.65. The van der Waals surface area contributed by atoms with Gasteiger partial charge in [0.2, 0.25) is 0 Å². The number of allylic oxidation sites excluding steroid dienone is 1. The largest absolute Gasteiger partial charge is 0.478 e. The molecule has 68 valence electrons. The average molecular weight is 168 g/mol. The predicted octanol–water partition coefficient (Wildman–Crippen LogP) is 2.60. The Morgan fingerprint density at radius 2 is 1.92 bits per heavy atom. The molecule has 2 nitrogen and oxygen atoms in total. The molecular formula is C10H16O2. The molecular weight excluding hydrogens is 152 g/mol. The van der Waals surface area contributed by atoms with Gasteiger partial charge in [0.05, 0.1) is 0 Å². The Morgan fingerprint density at radius 3 is 2.33 bits per heavy atom. The van der Waals surface area contributed by atoms with Gasteiger partial charge in [0.15, 0.2) is 0 Å². The van der Waals surface area contributed by atoms with E-state index in [0.717, 1.165) is 12.8 Å². The number of aliphatic carboxylic acids is 1. The highest BCUT2D eigenvalue weighted by molar-refractivity contribution is 5.87. The van der Waals surface area contributed by atoms with E-state index in [1.807, 2.05) is 6.92 Å². The third kappa shape index (κ3) is 2.10. The van der Waals surface area contributed by atoms with Gasteiger partial charge in [0.1, 0.15) is 0 Å². The topological polar surface area (TPSA) is 37.3 Å². The van der Waals surface area contributed by atoms with Crippen LogP contribution < -0.4 is 0 Å². The van der Waals surface area contributed by atoms with Gasteiger partial charge in [-0.25, -0.2) is 4.79 Å². The lowest BCUT2D eigenvalue weighted by Gasteiger charge is -2.21. The van der Waals surface area contributed by atoms with Crippen LogP contribution in [0.1, 0.15) is 39.0 Å². The summed E-state index contributed by atoms with van der Waals surface area (Å²) < 4.78 is 0. The van der Waals surface area contributed by atoms with Gasteiger partial charge in [-0.1, -0.05) is 25.3 Å². The number of rotatable bonds is 2. The van der Waals surface area contributed by atoms with Crippen molar-refractivity contribution in [1.29, 1.82) is 0 Å². The average Bonchev–Trinajstić information content (AvgIpc) is 2.07. The third-order valence-corrected chi connectivity index (χ3v) is 2.60. The molecule has 0 bridgehead atoms. The van der Waals surface area contributed by atoms with Crippen molar-refractivity contribution in [2.45, 2.75) is 39.0 Å². The fourth-order valence-corrected chi connectivity index (χ4v) is 1.95. The number of carboxylic acid groups (broad SMARTS) is 1. The van der Waals surface area contributed by atoms with Gasteiger partial charge in [-0.3, -0.25) is 0 Å². The van der Waals surface area contributed by atoms with Crippen LogP contribution >= 0.6 is 0 Å². The summed E-state index contributed by atoms with van der Waals surface area (Å²) in [4.78, 5) is 10.8. The fourth-order valence-electron chi connectivity index (χ4n) is 1.95. The quantitative estimate of drug-likeness (QED) is 0.643. The van der Waals surface area contributed by atoms with E-state index in [1.165, 1.54) is 19.3 Å². The minimum Gasteiger partial charge on any atom is -0.478 e. The van der Waals surface area contributed by atoms with Crippen LogP contribution in [0.3, 0.4) is 0 Å². The van der Waals surface area contributed by atoms with Crippen LogP contribution in [0.25, 0.3) is 0 Å². The van der Waals surface area contributed by atoms with Crippen LogP contribution in [0.5, 0.6) is 0 Å². The van der Waals surface area contributed by atoms with Gasteiger partial charge in [0, 0.05) is 5.57 Å². The Morgan fingerprint density at radius 1 is 1.33 bits per heavy atom. The second kappa shape index (κ2) is 4.29. The SMILES string of the molecule is CC=C(C(=O)O)C1CCCCC1. The second-order valence-corrected chi connectivity index (χ2v) is 3.38. The van der Waals surface area contributed by atoms with Gasteiger partial charge in [0.25, 0.3) is 0 Å². The van der Waals surface area contributed by atoms with E-state index in [0.29, 0.717) is 11.5 Å². The Bertz CT molecular complexity index is 188. The molecule has 1 rings (SSSR count). The standard InChI is InChI=1S/C10H16O2/c1-2-9(10(11)12)8-6-4-3-5-7-8/h2,8H,3-7H2,1H3,(H,11,12). The molecule has 0 aliphatic heterocycles. The van der Waals surface area contributed by atoms with Crippen molar-refractivity contribution in [3.8, 4) is 0 Å². The van der Waals surface area contributed by atoms with Gasteiger partial charge in [-0.05, 0) is 25.7 Å².